The maximum atomic E-state index is 12.0. The number of hydrogen-bond donors (Lipinski definition) is 3. The van der Waals surface area contributed by atoms with Crippen molar-refractivity contribution in [1.82, 2.24) is 0 Å². The summed E-state index contributed by atoms with van der Waals surface area (Å²) < 4.78 is 29.7. The molecule has 0 aromatic heterocycles. The minimum absolute atomic E-state index is 0. The van der Waals surface area contributed by atoms with Crippen molar-refractivity contribution in [3.05, 3.63) is 48.0 Å². The molecule has 0 saturated heterocycles. The molecule has 0 heterocycles. The predicted octanol–water partition coefficient (Wildman–Crippen LogP) is 0.153. The van der Waals surface area contributed by atoms with Crippen molar-refractivity contribution < 1.29 is 75.9 Å². The van der Waals surface area contributed by atoms with E-state index in [1.165, 1.54) is 6.07 Å². The Bertz CT molecular complexity index is 863. The van der Waals surface area contributed by atoms with Gasteiger partial charge in [-0.1, -0.05) is 31.5 Å². The molecule has 2 rings (SSSR count). The Morgan fingerprint density at radius 1 is 1.27 bits per heavy atom. The molecule has 2 aromatic carbocycles. The first-order valence-corrected chi connectivity index (χ1v) is 9.28. The summed E-state index contributed by atoms with van der Waals surface area (Å²) in [6, 6.07) is 10.9. The van der Waals surface area contributed by atoms with E-state index in [0.29, 0.717) is 12.3 Å². The van der Waals surface area contributed by atoms with E-state index in [-0.39, 0.29) is 74.7 Å². The molecule has 0 aliphatic rings. The molecule has 26 heavy (non-hydrogen) atoms. The number of para-hydroxylation sites is 1. The fourth-order valence-electron chi connectivity index (χ4n) is 2.18. The number of carboxylic acids is 1. The van der Waals surface area contributed by atoms with Gasteiger partial charge in [0.25, 0.3) is 0 Å². The van der Waals surface area contributed by atoms with Crippen LogP contribution in [-0.2, 0) is 10.0 Å². The zero-order valence-corrected chi connectivity index (χ0v) is 18.7. The van der Waals surface area contributed by atoms with Crippen LogP contribution >= 0.6 is 0 Å². The first kappa shape index (κ1) is 23.1. The fourth-order valence-corrected chi connectivity index (χ4v) is 2.88. The summed E-state index contributed by atoms with van der Waals surface area (Å²) in [6.45, 7) is 2.54. The Kier molecular flexibility index (Phi) is 9.24. The first-order chi connectivity index (χ1) is 11.8. The molecule has 136 valence electrons. The molecule has 0 fully saturated rings. The summed E-state index contributed by atoms with van der Waals surface area (Å²) in [5.74, 6) is -0.862. The van der Waals surface area contributed by atoms with E-state index in [2.05, 4.69) is 5.32 Å². The van der Waals surface area contributed by atoms with Gasteiger partial charge in [-0.2, -0.15) is 0 Å². The number of primary sulfonamides is 1. The van der Waals surface area contributed by atoms with E-state index in [0.717, 1.165) is 18.9 Å². The molecule has 4 N–H and O–H groups in total. The topological polar surface area (TPSA) is 119 Å². The van der Waals surface area contributed by atoms with Crippen molar-refractivity contribution >= 4 is 21.7 Å². The van der Waals surface area contributed by atoms with Gasteiger partial charge in [-0.3, -0.25) is 0 Å². The molecule has 0 aliphatic heterocycles. The molecule has 2 aromatic rings. The van der Waals surface area contributed by atoms with Crippen LogP contribution in [0.3, 0.4) is 0 Å². The number of ether oxygens (including phenoxy) is 1. The van der Waals surface area contributed by atoms with Crippen molar-refractivity contribution in [2.24, 2.45) is 5.14 Å². The SMILES string of the molecule is CCCCNc1cc(C(=O)O)cc(S(N)(=O)=O)c1Oc1ccccc1.[H-].[K+]. The van der Waals surface area contributed by atoms with Gasteiger partial charge in [-0.25, -0.2) is 18.4 Å². The molecule has 9 heteroatoms. The molecular weight excluding hydrogens is 383 g/mol. The molecule has 0 radical (unpaired) electrons. The van der Waals surface area contributed by atoms with Gasteiger partial charge < -0.3 is 16.6 Å². The smallest absolute Gasteiger partial charge is 1.00 e. The molecule has 0 atom stereocenters. The fraction of sp³-hybridized carbons (Fsp3) is 0.235. The quantitative estimate of drug-likeness (QED) is 0.426. The Morgan fingerprint density at radius 3 is 2.46 bits per heavy atom. The number of rotatable bonds is 8. The van der Waals surface area contributed by atoms with Crippen LogP contribution in [0.1, 0.15) is 31.6 Å². The van der Waals surface area contributed by atoms with Crippen molar-refractivity contribution in [2.75, 3.05) is 11.9 Å². The summed E-state index contributed by atoms with van der Waals surface area (Å²) in [6.07, 6.45) is 1.75. The average molecular weight is 405 g/mol. The minimum atomic E-state index is -4.19. The summed E-state index contributed by atoms with van der Waals surface area (Å²) >= 11 is 0. The maximum Gasteiger partial charge on any atom is 1.00 e. The zero-order valence-electron chi connectivity index (χ0n) is 15.7. The van der Waals surface area contributed by atoms with Gasteiger partial charge in [-0.15, -0.1) is 0 Å². The molecule has 0 unspecified atom stereocenters. The van der Waals surface area contributed by atoms with Crippen LogP contribution in [0.5, 0.6) is 11.5 Å². The largest absolute Gasteiger partial charge is 1.00 e. The molecule has 0 aliphatic carbocycles. The second-order valence-corrected chi connectivity index (χ2v) is 6.93. The first-order valence-electron chi connectivity index (χ1n) is 7.74. The van der Waals surface area contributed by atoms with Crippen LogP contribution in [0, 0.1) is 0 Å². The van der Waals surface area contributed by atoms with Crippen LogP contribution in [0.4, 0.5) is 5.69 Å². The van der Waals surface area contributed by atoms with Crippen molar-refractivity contribution in [2.45, 2.75) is 24.7 Å². The molecular formula is C17H21KN2O5S. The molecule has 0 spiro atoms. The van der Waals surface area contributed by atoms with Gasteiger partial charge in [-0.05, 0) is 30.7 Å². The summed E-state index contributed by atoms with van der Waals surface area (Å²) in [5, 5.41) is 17.6. The van der Waals surface area contributed by atoms with Crippen molar-refractivity contribution in [3.8, 4) is 11.5 Å². The number of aromatic carboxylic acids is 1. The Labute approximate surface area is 196 Å². The van der Waals surface area contributed by atoms with Gasteiger partial charge in [0.15, 0.2) is 5.75 Å². The number of nitrogens with one attached hydrogen (secondary N) is 1. The number of hydrogen-bond acceptors (Lipinski definition) is 5. The summed E-state index contributed by atoms with van der Waals surface area (Å²) in [7, 11) is -4.19. The van der Waals surface area contributed by atoms with E-state index < -0.39 is 16.0 Å². The minimum Gasteiger partial charge on any atom is -1.00 e. The van der Waals surface area contributed by atoms with Crippen LogP contribution < -0.4 is 66.6 Å². The monoisotopic (exact) mass is 404 g/mol. The van der Waals surface area contributed by atoms with E-state index >= 15 is 0 Å². The number of nitrogens with two attached hydrogens (primary N) is 1. The zero-order chi connectivity index (χ0) is 18.4. The molecule has 0 amide bonds. The van der Waals surface area contributed by atoms with E-state index in [1.54, 1.807) is 30.3 Å². The third-order valence-electron chi connectivity index (χ3n) is 3.42. The number of unbranched alkanes of at least 4 members (excludes halogenated alkanes) is 1. The van der Waals surface area contributed by atoms with Gasteiger partial charge in [0.05, 0.1) is 11.3 Å². The third-order valence-corrected chi connectivity index (χ3v) is 4.33. The van der Waals surface area contributed by atoms with Crippen molar-refractivity contribution in [3.63, 3.8) is 0 Å². The molecule has 7 nitrogen and oxygen atoms in total. The van der Waals surface area contributed by atoms with Gasteiger partial charge in [0, 0.05) is 6.54 Å². The normalized spacial score (nSPS) is 10.7. The summed E-state index contributed by atoms with van der Waals surface area (Å²) in [4.78, 5) is 10.9. The van der Waals surface area contributed by atoms with E-state index in [9.17, 15) is 18.3 Å². The molecule has 0 saturated carbocycles. The van der Waals surface area contributed by atoms with E-state index in [4.69, 9.17) is 9.88 Å². The molecule has 0 bridgehead atoms. The van der Waals surface area contributed by atoms with Crippen molar-refractivity contribution in [1.29, 1.82) is 0 Å². The number of carboxylic acid groups (broad SMARTS) is 1. The number of carbonyl (C=O) groups is 1. The van der Waals surface area contributed by atoms with Crippen LogP contribution in [0.15, 0.2) is 47.4 Å². The predicted molar refractivity (Wildman–Crippen MR) is 95.8 cm³/mol. The van der Waals surface area contributed by atoms with Gasteiger partial charge in [0.2, 0.25) is 10.0 Å². The third kappa shape index (κ3) is 6.34. The van der Waals surface area contributed by atoms with Gasteiger partial charge in [0.1, 0.15) is 10.6 Å². The van der Waals surface area contributed by atoms with Crippen LogP contribution in [0.25, 0.3) is 0 Å². The van der Waals surface area contributed by atoms with Crippen LogP contribution in [0.2, 0.25) is 0 Å². The Hall–Kier alpha value is -0.944. The average Bonchev–Trinajstić information content (AvgIpc) is 2.56. The number of sulfonamides is 1. The Morgan fingerprint density at radius 2 is 1.92 bits per heavy atom. The second kappa shape index (κ2) is 10.4. The maximum absolute atomic E-state index is 12.0. The number of benzene rings is 2. The van der Waals surface area contributed by atoms with Crippen LogP contribution in [-0.4, -0.2) is 26.0 Å². The van der Waals surface area contributed by atoms with Gasteiger partial charge >= 0.3 is 57.4 Å². The summed E-state index contributed by atoms with van der Waals surface area (Å²) in [5.41, 5.74) is 0.0738. The second-order valence-electron chi connectivity index (χ2n) is 5.40. The van der Waals surface area contributed by atoms with E-state index in [1.807, 2.05) is 6.92 Å². The number of anilines is 1. The standard InChI is InChI=1S/C17H20N2O5S.K.H/c1-2-3-9-19-14-10-12(17(20)21)11-15(25(18,22)23)16(14)24-13-7-5-4-6-8-13;;/h4-8,10-11,19H,2-3,9H2,1H3,(H,20,21)(H2,18,22,23);;/q;+1;-1. The Balaban J connectivity index is 0.00000338.